The van der Waals surface area contributed by atoms with Crippen LogP contribution < -0.4 is 10.6 Å². The molecule has 2 nitrogen and oxygen atoms in total. The number of rotatable bonds is 3. The van der Waals surface area contributed by atoms with Gasteiger partial charge in [-0.25, -0.2) is 0 Å². The van der Waals surface area contributed by atoms with Crippen molar-refractivity contribution in [1.82, 2.24) is 10.6 Å². The lowest BCUT2D eigenvalue weighted by molar-refractivity contribution is -0.137. The fourth-order valence-corrected chi connectivity index (χ4v) is 2.33. The Hall–Kier alpha value is -1.07. The summed E-state index contributed by atoms with van der Waals surface area (Å²) in [5.41, 5.74) is 1.23. The van der Waals surface area contributed by atoms with Gasteiger partial charge < -0.3 is 10.6 Å². The largest absolute Gasteiger partial charge is 0.416 e. The van der Waals surface area contributed by atoms with Crippen molar-refractivity contribution in [3.63, 3.8) is 0 Å². The third-order valence-electron chi connectivity index (χ3n) is 3.26. The van der Waals surface area contributed by atoms with E-state index < -0.39 is 11.7 Å². The molecule has 100 valence electrons. The van der Waals surface area contributed by atoms with Crippen LogP contribution in [-0.4, -0.2) is 19.6 Å². The Bertz CT molecular complexity index is 415. The van der Waals surface area contributed by atoms with Crippen LogP contribution in [0.3, 0.4) is 0 Å². The van der Waals surface area contributed by atoms with E-state index in [0.29, 0.717) is 6.54 Å². The van der Waals surface area contributed by atoms with Crippen LogP contribution in [0.4, 0.5) is 13.2 Å². The molecule has 0 saturated heterocycles. The highest BCUT2D eigenvalue weighted by molar-refractivity contribution is 5.37. The molecule has 2 N–H and O–H groups in total. The molecule has 1 aliphatic rings. The molecule has 1 unspecified atom stereocenters. The van der Waals surface area contributed by atoms with Crippen molar-refractivity contribution in [2.45, 2.75) is 25.6 Å². The zero-order valence-corrected chi connectivity index (χ0v) is 10.3. The lowest BCUT2D eigenvalue weighted by atomic mass is 9.89. The lowest BCUT2D eigenvalue weighted by Gasteiger charge is -2.27. The van der Waals surface area contributed by atoms with Gasteiger partial charge in [0.2, 0.25) is 0 Å². The summed E-state index contributed by atoms with van der Waals surface area (Å²) >= 11 is 0. The van der Waals surface area contributed by atoms with Gasteiger partial charge in [0, 0.05) is 25.6 Å². The van der Waals surface area contributed by atoms with Crippen LogP contribution in [-0.2, 0) is 12.7 Å². The lowest BCUT2D eigenvalue weighted by Crippen LogP contribution is -2.34. The van der Waals surface area contributed by atoms with Gasteiger partial charge in [0.15, 0.2) is 0 Å². The molecule has 2 rings (SSSR count). The van der Waals surface area contributed by atoms with Gasteiger partial charge in [-0.05, 0) is 29.8 Å². The van der Waals surface area contributed by atoms with Gasteiger partial charge in [-0.3, -0.25) is 0 Å². The third-order valence-corrected chi connectivity index (χ3v) is 3.26. The number of benzene rings is 1. The first-order chi connectivity index (χ1) is 8.52. The fourth-order valence-electron chi connectivity index (χ4n) is 2.33. The maximum atomic E-state index is 12.6. The third kappa shape index (κ3) is 2.84. The number of halogens is 3. The highest BCUT2D eigenvalue weighted by Gasteiger charge is 2.32. The van der Waals surface area contributed by atoms with Gasteiger partial charge >= 0.3 is 6.18 Å². The molecule has 5 heteroatoms. The summed E-state index contributed by atoms with van der Waals surface area (Å²) in [6.07, 6.45) is -4.26. The van der Waals surface area contributed by atoms with Gasteiger partial charge in [-0.2, -0.15) is 13.2 Å². The summed E-state index contributed by atoms with van der Waals surface area (Å²) < 4.78 is 37.9. The topological polar surface area (TPSA) is 24.1 Å². The zero-order chi connectivity index (χ0) is 13.2. The molecule has 0 aliphatic carbocycles. The van der Waals surface area contributed by atoms with Crippen LogP contribution >= 0.6 is 0 Å². The molecule has 0 fully saturated rings. The molecule has 0 saturated carbocycles. The Labute approximate surface area is 105 Å². The highest BCUT2D eigenvalue weighted by Crippen LogP contribution is 2.33. The Kier molecular flexibility index (Phi) is 3.92. The zero-order valence-electron chi connectivity index (χ0n) is 10.3. The van der Waals surface area contributed by atoms with Crippen LogP contribution in [0.1, 0.15) is 29.5 Å². The van der Waals surface area contributed by atoms with E-state index in [-0.39, 0.29) is 5.92 Å². The van der Waals surface area contributed by atoms with E-state index in [2.05, 4.69) is 10.6 Å². The predicted octanol–water partition coefficient (Wildman–Crippen LogP) is 2.50. The van der Waals surface area contributed by atoms with Crippen molar-refractivity contribution in [3.05, 3.63) is 34.9 Å². The van der Waals surface area contributed by atoms with Gasteiger partial charge in [-0.1, -0.05) is 13.0 Å². The molecule has 0 spiro atoms. The predicted molar refractivity (Wildman–Crippen MR) is 64.4 cm³/mol. The molecule has 18 heavy (non-hydrogen) atoms. The maximum absolute atomic E-state index is 12.6. The van der Waals surface area contributed by atoms with Crippen molar-refractivity contribution in [2.24, 2.45) is 0 Å². The van der Waals surface area contributed by atoms with Crippen LogP contribution in [0.5, 0.6) is 0 Å². The molecule has 0 radical (unpaired) electrons. The second-order valence-electron chi connectivity index (χ2n) is 4.55. The fraction of sp³-hybridized carbons (Fsp3) is 0.538. The summed E-state index contributed by atoms with van der Waals surface area (Å²) in [6.45, 7) is 5.01. The summed E-state index contributed by atoms with van der Waals surface area (Å²) in [7, 11) is 0. The molecule has 1 heterocycles. The summed E-state index contributed by atoms with van der Waals surface area (Å²) in [5, 5.41) is 6.41. The van der Waals surface area contributed by atoms with Crippen LogP contribution in [0, 0.1) is 0 Å². The first-order valence-corrected chi connectivity index (χ1v) is 6.14. The second kappa shape index (κ2) is 5.28. The Morgan fingerprint density at radius 3 is 2.83 bits per heavy atom. The van der Waals surface area contributed by atoms with E-state index in [0.717, 1.165) is 30.8 Å². The van der Waals surface area contributed by atoms with Gasteiger partial charge in [-0.15, -0.1) is 0 Å². The normalized spacial score (nSPS) is 19.7. The first kappa shape index (κ1) is 13.4. The summed E-state index contributed by atoms with van der Waals surface area (Å²) in [5.74, 6) is 0.246. The monoisotopic (exact) mass is 258 g/mol. The quantitative estimate of drug-likeness (QED) is 0.870. The summed E-state index contributed by atoms with van der Waals surface area (Å²) in [4.78, 5) is 0. The average molecular weight is 258 g/mol. The number of nitrogens with one attached hydrogen (secondary N) is 2. The standard InChI is InChI=1S/C13H17F3N2/c1-2-17-7-10-8-18-6-9-5-11(13(14,15)16)3-4-12(9)10/h3-5,10,17-18H,2,6-8H2,1H3. The molecule has 1 aromatic carbocycles. The van der Waals surface area contributed by atoms with Crippen LogP contribution in [0.25, 0.3) is 0 Å². The molecule has 0 aromatic heterocycles. The van der Waals surface area contributed by atoms with Crippen molar-refractivity contribution >= 4 is 0 Å². The minimum absolute atomic E-state index is 0.246. The molecule has 1 aliphatic heterocycles. The van der Waals surface area contributed by atoms with E-state index in [1.165, 1.54) is 12.1 Å². The number of likely N-dealkylation sites (N-methyl/N-ethyl adjacent to an activating group) is 1. The smallest absolute Gasteiger partial charge is 0.316 e. The molecular formula is C13H17F3N2. The Balaban J connectivity index is 2.25. The minimum Gasteiger partial charge on any atom is -0.316 e. The summed E-state index contributed by atoms with van der Waals surface area (Å²) in [6, 6.07) is 4.07. The van der Waals surface area contributed by atoms with Gasteiger partial charge in [0.25, 0.3) is 0 Å². The number of hydrogen-bond donors (Lipinski definition) is 2. The Morgan fingerprint density at radius 2 is 2.17 bits per heavy atom. The first-order valence-electron chi connectivity index (χ1n) is 6.14. The van der Waals surface area contributed by atoms with Crippen molar-refractivity contribution in [2.75, 3.05) is 19.6 Å². The minimum atomic E-state index is -4.26. The second-order valence-corrected chi connectivity index (χ2v) is 4.55. The van der Waals surface area contributed by atoms with Gasteiger partial charge in [0.1, 0.15) is 0 Å². The number of fused-ring (bicyclic) bond motifs is 1. The maximum Gasteiger partial charge on any atom is 0.416 e. The van der Waals surface area contributed by atoms with E-state index in [1.54, 1.807) is 6.07 Å². The highest BCUT2D eigenvalue weighted by atomic mass is 19.4. The van der Waals surface area contributed by atoms with Crippen molar-refractivity contribution in [3.8, 4) is 0 Å². The number of hydrogen-bond acceptors (Lipinski definition) is 2. The Morgan fingerprint density at radius 1 is 1.39 bits per heavy atom. The van der Waals surface area contributed by atoms with Crippen LogP contribution in [0.15, 0.2) is 18.2 Å². The van der Waals surface area contributed by atoms with Crippen molar-refractivity contribution in [1.29, 1.82) is 0 Å². The molecule has 0 bridgehead atoms. The molecule has 1 aromatic rings. The SMILES string of the molecule is CCNCC1CNCc2cc(C(F)(F)F)ccc21. The van der Waals surface area contributed by atoms with E-state index >= 15 is 0 Å². The van der Waals surface area contributed by atoms with E-state index in [1.807, 2.05) is 6.92 Å². The molecule has 1 atom stereocenters. The van der Waals surface area contributed by atoms with E-state index in [4.69, 9.17) is 0 Å². The molecular weight excluding hydrogens is 241 g/mol. The average Bonchev–Trinajstić information content (AvgIpc) is 2.34. The van der Waals surface area contributed by atoms with E-state index in [9.17, 15) is 13.2 Å². The van der Waals surface area contributed by atoms with Gasteiger partial charge in [0.05, 0.1) is 5.56 Å². The molecule has 0 amide bonds. The number of alkyl halides is 3. The van der Waals surface area contributed by atoms with Crippen molar-refractivity contribution < 1.29 is 13.2 Å². The van der Waals surface area contributed by atoms with Crippen LogP contribution in [0.2, 0.25) is 0 Å².